The topological polar surface area (TPSA) is 29.3 Å². The van der Waals surface area contributed by atoms with Crippen LogP contribution in [0.2, 0.25) is 0 Å². The molecule has 1 saturated heterocycles. The highest BCUT2D eigenvalue weighted by molar-refractivity contribution is 5.25. The molecule has 0 radical (unpaired) electrons. The average Bonchev–Trinajstić information content (AvgIpc) is 2.54. The number of likely N-dealkylation sites (tertiary alicyclic amines) is 1. The zero-order chi connectivity index (χ0) is 14.9. The lowest BCUT2D eigenvalue weighted by molar-refractivity contribution is 0.0734. The normalized spacial score (nSPS) is 25.5. The van der Waals surface area contributed by atoms with Gasteiger partial charge in [-0.25, -0.2) is 8.78 Å². The first-order chi connectivity index (χ1) is 9.30. The fraction of sp³-hybridized carbons (Fsp3) is 0.625. The zero-order valence-corrected chi connectivity index (χ0v) is 12.5. The summed E-state index contributed by atoms with van der Waals surface area (Å²) >= 11 is 0. The Morgan fingerprint density at radius 1 is 1.20 bits per heavy atom. The predicted octanol–water partition coefficient (Wildman–Crippen LogP) is 3.62. The Morgan fingerprint density at radius 2 is 1.90 bits per heavy atom. The van der Waals surface area contributed by atoms with Gasteiger partial charge in [-0.2, -0.15) is 0 Å². The van der Waals surface area contributed by atoms with Crippen molar-refractivity contribution in [3.05, 3.63) is 35.4 Å². The summed E-state index contributed by atoms with van der Waals surface area (Å²) in [7, 11) is 0. The molecule has 0 amide bonds. The number of nitrogens with zero attached hydrogens (tertiary/aromatic N) is 1. The first-order valence-corrected chi connectivity index (χ1v) is 7.28. The van der Waals surface area contributed by atoms with Crippen LogP contribution in [0.1, 0.15) is 51.6 Å². The van der Waals surface area contributed by atoms with Gasteiger partial charge in [-0.05, 0) is 58.4 Å². The quantitative estimate of drug-likeness (QED) is 0.852. The number of nitrogens with two attached hydrogens (primary N) is 1. The van der Waals surface area contributed by atoms with Crippen molar-refractivity contribution < 1.29 is 8.78 Å². The first-order valence-electron chi connectivity index (χ1n) is 7.28. The van der Waals surface area contributed by atoms with Gasteiger partial charge in [0, 0.05) is 17.1 Å². The van der Waals surface area contributed by atoms with E-state index in [4.69, 9.17) is 5.73 Å². The zero-order valence-electron chi connectivity index (χ0n) is 12.5. The van der Waals surface area contributed by atoms with E-state index in [1.807, 2.05) is 0 Å². The minimum Gasteiger partial charge on any atom is -0.326 e. The second-order valence-electron chi connectivity index (χ2n) is 6.63. The summed E-state index contributed by atoms with van der Waals surface area (Å²) in [6.07, 6.45) is 2.91. The molecule has 112 valence electrons. The van der Waals surface area contributed by atoms with E-state index >= 15 is 0 Å². The smallest absolute Gasteiger partial charge is 0.128 e. The largest absolute Gasteiger partial charge is 0.326 e. The molecule has 1 aromatic carbocycles. The third kappa shape index (κ3) is 3.18. The molecule has 1 fully saturated rings. The lowest BCUT2D eigenvalue weighted by Crippen LogP contribution is -2.49. The van der Waals surface area contributed by atoms with Gasteiger partial charge in [0.05, 0.1) is 6.04 Å². The van der Waals surface area contributed by atoms with Crippen LogP contribution >= 0.6 is 0 Å². The molecule has 0 aromatic heterocycles. The molecule has 2 rings (SSSR count). The van der Waals surface area contributed by atoms with E-state index in [0.717, 1.165) is 31.9 Å². The molecule has 2 nitrogen and oxygen atoms in total. The summed E-state index contributed by atoms with van der Waals surface area (Å²) in [5.74, 6) is -0.783. The Hall–Kier alpha value is -1.00. The highest BCUT2D eigenvalue weighted by Gasteiger charge is 2.36. The predicted molar refractivity (Wildman–Crippen MR) is 77.4 cm³/mol. The molecule has 2 N–H and O–H groups in total. The van der Waals surface area contributed by atoms with Gasteiger partial charge in [0.2, 0.25) is 0 Å². The highest BCUT2D eigenvalue weighted by Crippen LogP contribution is 2.36. The molecule has 20 heavy (non-hydrogen) atoms. The van der Waals surface area contributed by atoms with E-state index in [1.54, 1.807) is 0 Å². The van der Waals surface area contributed by atoms with Crippen LogP contribution in [-0.2, 0) is 0 Å². The Labute approximate surface area is 120 Å². The van der Waals surface area contributed by atoms with E-state index in [1.165, 1.54) is 12.1 Å². The number of halogens is 2. The molecule has 0 spiro atoms. The first kappa shape index (κ1) is 15.4. The van der Waals surface area contributed by atoms with Crippen LogP contribution < -0.4 is 5.73 Å². The minimum atomic E-state index is -0.410. The van der Waals surface area contributed by atoms with Crippen molar-refractivity contribution in [2.75, 3.05) is 6.54 Å². The Morgan fingerprint density at radius 3 is 2.55 bits per heavy atom. The van der Waals surface area contributed by atoms with Gasteiger partial charge in [-0.15, -0.1) is 0 Å². The van der Waals surface area contributed by atoms with Gasteiger partial charge in [0.1, 0.15) is 11.6 Å². The molecule has 1 aliphatic heterocycles. The summed E-state index contributed by atoms with van der Waals surface area (Å²) in [6, 6.07) is 3.21. The van der Waals surface area contributed by atoms with E-state index in [-0.39, 0.29) is 23.4 Å². The summed E-state index contributed by atoms with van der Waals surface area (Å²) in [4.78, 5) is 2.21. The van der Waals surface area contributed by atoms with Crippen LogP contribution in [-0.4, -0.2) is 23.0 Å². The molecule has 0 aliphatic carbocycles. The van der Waals surface area contributed by atoms with Crippen LogP contribution in [0, 0.1) is 11.6 Å². The highest BCUT2D eigenvalue weighted by atomic mass is 19.1. The molecule has 2 atom stereocenters. The van der Waals surface area contributed by atoms with Gasteiger partial charge >= 0.3 is 0 Å². The molecular weight excluding hydrogens is 258 g/mol. The second kappa shape index (κ2) is 5.78. The molecular formula is C16H24F2N2. The lowest BCUT2D eigenvalue weighted by atomic mass is 9.92. The maximum Gasteiger partial charge on any atom is 0.128 e. The van der Waals surface area contributed by atoms with Gasteiger partial charge in [0.15, 0.2) is 0 Å². The van der Waals surface area contributed by atoms with E-state index in [9.17, 15) is 8.78 Å². The summed E-state index contributed by atoms with van der Waals surface area (Å²) in [6.45, 7) is 7.14. The molecule has 1 aliphatic rings. The van der Waals surface area contributed by atoms with Crippen molar-refractivity contribution in [1.82, 2.24) is 4.90 Å². The van der Waals surface area contributed by atoms with Crippen molar-refractivity contribution >= 4 is 0 Å². The number of benzene rings is 1. The Kier molecular flexibility index (Phi) is 4.45. The van der Waals surface area contributed by atoms with E-state index in [2.05, 4.69) is 25.7 Å². The van der Waals surface area contributed by atoms with Crippen LogP contribution in [0.4, 0.5) is 8.78 Å². The van der Waals surface area contributed by atoms with Gasteiger partial charge in [-0.1, -0.05) is 6.42 Å². The summed E-state index contributed by atoms with van der Waals surface area (Å²) < 4.78 is 27.7. The van der Waals surface area contributed by atoms with Crippen LogP contribution in [0.3, 0.4) is 0 Å². The number of hydrogen-bond acceptors (Lipinski definition) is 2. The van der Waals surface area contributed by atoms with Gasteiger partial charge in [0.25, 0.3) is 0 Å². The number of rotatable bonds is 1. The van der Waals surface area contributed by atoms with Crippen LogP contribution in [0.15, 0.2) is 18.2 Å². The third-order valence-electron chi connectivity index (χ3n) is 4.07. The monoisotopic (exact) mass is 282 g/mol. The number of hydrogen-bond donors (Lipinski definition) is 1. The lowest BCUT2D eigenvalue weighted by Gasteiger charge is -2.43. The van der Waals surface area contributed by atoms with E-state index < -0.39 is 5.82 Å². The fourth-order valence-corrected chi connectivity index (χ4v) is 3.08. The molecule has 0 bridgehead atoms. The average molecular weight is 282 g/mol. The standard InChI is InChI=1S/C16H24F2N2/c1-16(2,3)20-9-5-4-6-14(19)15(20)12-10-11(17)7-8-13(12)18/h7-8,10,14-15H,4-6,9,19H2,1-3H3. The van der Waals surface area contributed by atoms with E-state index in [0.29, 0.717) is 5.56 Å². The summed E-state index contributed by atoms with van der Waals surface area (Å²) in [5, 5.41) is 0. The second-order valence-corrected chi connectivity index (χ2v) is 6.63. The van der Waals surface area contributed by atoms with Gasteiger partial charge in [-0.3, -0.25) is 4.90 Å². The molecule has 4 heteroatoms. The van der Waals surface area contributed by atoms with Crippen molar-refractivity contribution in [1.29, 1.82) is 0 Å². The van der Waals surface area contributed by atoms with Crippen molar-refractivity contribution in [2.24, 2.45) is 5.73 Å². The minimum absolute atomic E-state index is 0.134. The SMILES string of the molecule is CC(C)(C)N1CCCCC(N)C1c1cc(F)ccc1F. The molecule has 1 aromatic rings. The Bertz CT molecular complexity index is 468. The molecule has 0 saturated carbocycles. The third-order valence-corrected chi connectivity index (χ3v) is 4.07. The molecule has 1 heterocycles. The summed E-state index contributed by atoms with van der Waals surface area (Å²) in [5.41, 5.74) is 6.54. The fourth-order valence-electron chi connectivity index (χ4n) is 3.08. The maximum absolute atomic E-state index is 14.2. The van der Waals surface area contributed by atoms with Crippen molar-refractivity contribution in [2.45, 2.75) is 57.7 Å². The van der Waals surface area contributed by atoms with Gasteiger partial charge < -0.3 is 5.73 Å². The van der Waals surface area contributed by atoms with Crippen LogP contribution in [0.25, 0.3) is 0 Å². The molecule has 2 unspecified atom stereocenters. The maximum atomic E-state index is 14.2. The Balaban J connectivity index is 2.48. The van der Waals surface area contributed by atoms with Crippen LogP contribution in [0.5, 0.6) is 0 Å². The van der Waals surface area contributed by atoms with Crippen molar-refractivity contribution in [3.63, 3.8) is 0 Å². The van der Waals surface area contributed by atoms with Crippen molar-refractivity contribution in [3.8, 4) is 0 Å².